The van der Waals surface area contributed by atoms with E-state index < -0.39 is 0 Å². The summed E-state index contributed by atoms with van der Waals surface area (Å²) in [5.41, 5.74) is 7.66. The van der Waals surface area contributed by atoms with Crippen LogP contribution in [0.3, 0.4) is 0 Å². The van der Waals surface area contributed by atoms with Crippen molar-refractivity contribution in [3.8, 4) is 0 Å². The number of amides is 1. The van der Waals surface area contributed by atoms with Crippen molar-refractivity contribution in [1.29, 1.82) is 0 Å². The molecule has 0 aliphatic carbocycles. The van der Waals surface area contributed by atoms with E-state index in [1.54, 1.807) is 24.0 Å². The standard InChI is InChI=1S/C18H21FN2O/c1-14-7-8-16(13-17(14)19)18(22)21(12-10-20)11-9-15-5-3-2-4-6-15/h2-8,13H,9-12,20H2,1H3. The van der Waals surface area contributed by atoms with E-state index in [4.69, 9.17) is 5.73 Å². The van der Waals surface area contributed by atoms with E-state index in [0.29, 0.717) is 30.8 Å². The Morgan fingerprint density at radius 1 is 1.14 bits per heavy atom. The van der Waals surface area contributed by atoms with E-state index in [-0.39, 0.29) is 11.7 Å². The Bertz CT molecular complexity index is 628. The zero-order valence-corrected chi connectivity index (χ0v) is 12.8. The Labute approximate surface area is 130 Å². The zero-order chi connectivity index (χ0) is 15.9. The molecule has 0 unspecified atom stereocenters. The van der Waals surface area contributed by atoms with Gasteiger partial charge in [-0.2, -0.15) is 0 Å². The summed E-state index contributed by atoms with van der Waals surface area (Å²) in [5.74, 6) is -0.540. The Hall–Kier alpha value is -2.20. The third-order valence-electron chi connectivity index (χ3n) is 3.62. The van der Waals surface area contributed by atoms with Crippen molar-refractivity contribution >= 4 is 5.91 Å². The topological polar surface area (TPSA) is 46.3 Å². The number of halogens is 1. The molecule has 0 saturated heterocycles. The Balaban J connectivity index is 2.09. The molecule has 2 aromatic carbocycles. The van der Waals surface area contributed by atoms with Crippen LogP contribution in [0.1, 0.15) is 21.5 Å². The molecule has 3 nitrogen and oxygen atoms in total. The summed E-state index contributed by atoms with van der Waals surface area (Å²) in [6, 6.07) is 14.5. The van der Waals surface area contributed by atoms with E-state index in [1.165, 1.54) is 6.07 Å². The molecule has 0 aliphatic rings. The number of carbonyl (C=O) groups is 1. The average Bonchev–Trinajstić information content (AvgIpc) is 2.54. The fourth-order valence-electron chi connectivity index (χ4n) is 2.29. The average molecular weight is 300 g/mol. The smallest absolute Gasteiger partial charge is 0.254 e. The molecule has 2 aromatic rings. The van der Waals surface area contributed by atoms with Gasteiger partial charge in [-0.3, -0.25) is 4.79 Å². The molecular weight excluding hydrogens is 279 g/mol. The highest BCUT2D eigenvalue weighted by atomic mass is 19.1. The molecule has 0 fully saturated rings. The molecule has 0 saturated carbocycles. The van der Waals surface area contributed by atoms with Gasteiger partial charge >= 0.3 is 0 Å². The lowest BCUT2D eigenvalue weighted by Gasteiger charge is -2.22. The van der Waals surface area contributed by atoms with Gasteiger partial charge in [-0.1, -0.05) is 36.4 Å². The van der Waals surface area contributed by atoms with Gasteiger partial charge in [0.1, 0.15) is 5.82 Å². The van der Waals surface area contributed by atoms with Crippen LogP contribution in [0.15, 0.2) is 48.5 Å². The number of nitrogens with zero attached hydrogens (tertiary/aromatic N) is 1. The maximum absolute atomic E-state index is 13.6. The summed E-state index contributed by atoms with van der Waals surface area (Å²) < 4.78 is 13.6. The molecule has 0 spiro atoms. The van der Waals surface area contributed by atoms with Crippen LogP contribution < -0.4 is 5.73 Å². The molecule has 0 heterocycles. The second-order valence-corrected chi connectivity index (χ2v) is 5.28. The SMILES string of the molecule is Cc1ccc(C(=O)N(CCN)CCc2ccccc2)cc1F. The van der Waals surface area contributed by atoms with Crippen LogP contribution in [0, 0.1) is 12.7 Å². The summed E-state index contributed by atoms with van der Waals surface area (Å²) in [6.07, 6.45) is 0.751. The van der Waals surface area contributed by atoms with Crippen molar-refractivity contribution in [2.45, 2.75) is 13.3 Å². The summed E-state index contributed by atoms with van der Waals surface area (Å²) in [7, 11) is 0. The van der Waals surface area contributed by atoms with Gasteiger partial charge in [0.15, 0.2) is 0 Å². The monoisotopic (exact) mass is 300 g/mol. The van der Waals surface area contributed by atoms with Crippen LogP contribution in [-0.2, 0) is 6.42 Å². The summed E-state index contributed by atoms with van der Waals surface area (Å²) in [5, 5.41) is 0. The van der Waals surface area contributed by atoms with E-state index in [0.717, 1.165) is 12.0 Å². The lowest BCUT2D eigenvalue weighted by atomic mass is 10.1. The van der Waals surface area contributed by atoms with E-state index in [2.05, 4.69) is 0 Å². The minimum absolute atomic E-state index is 0.180. The van der Waals surface area contributed by atoms with Gasteiger partial charge in [-0.15, -0.1) is 0 Å². The Morgan fingerprint density at radius 3 is 2.50 bits per heavy atom. The van der Waals surface area contributed by atoms with Crippen molar-refractivity contribution in [1.82, 2.24) is 4.90 Å². The maximum atomic E-state index is 13.6. The highest BCUT2D eigenvalue weighted by Gasteiger charge is 2.16. The van der Waals surface area contributed by atoms with Gasteiger partial charge < -0.3 is 10.6 Å². The molecule has 22 heavy (non-hydrogen) atoms. The van der Waals surface area contributed by atoms with Crippen molar-refractivity contribution in [2.75, 3.05) is 19.6 Å². The number of nitrogens with two attached hydrogens (primary N) is 1. The minimum atomic E-state index is -0.360. The second-order valence-electron chi connectivity index (χ2n) is 5.28. The van der Waals surface area contributed by atoms with Gasteiger partial charge in [-0.05, 0) is 36.6 Å². The van der Waals surface area contributed by atoms with Crippen LogP contribution >= 0.6 is 0 Å². The molecule has 0 aliphatic heterocycles. The third kappa shape index (κ3) is 4.15. The predicted molar refractivity (Wildman–Crippen MR) is 86.2 cm³/mol. The lowest BCUT2D eigenvalue weighted by Crippen LogP contribution is -2.37. The largest absolute Gasteiger partial charge is 0.337 e. The molecule has 0 aromatic heterocycles. The molecular formula is C18H21FN2O. The summed E-state index contributed by atoms with van der Waals surface area (Å²) >= 11 is 0. The fourth-order valence-corrected chi connectivity index (χ4v) is 2.29. The maximum Gasteiger partial charge on any atom is 0.254 e. The van der Waals surface area contributed by atoms with Crippen molar-refractivity contribution in [2.24, 2.45) is 5.73 Å². The molecule has 0 atom stereocenters. The first-order valence-electron chi connectivity index (χ1n) is 7.41. The van der Waals surface area contributed by atoms with Crippen molar-refractivity contribution in [3.05, 3.63) is 71.0 Å². The third-order valence-corrected chi connectivity index (χ3v) is 3.62. The number of rotatable bonds is 6. The Morgan fingerprint density at radius 2 is 1.86 bits per heavy atom. The molecule has 2 N–H and O–H groups in total. The molecule has 0 radical (unpaired) electrons. The molecule has 116 valence electrons. The number of aryl methyl sites for hydroxylation is 1. The highest BCUT2D eigenvalue weighted by molar-refractivity contribution is 5.94. The fraction of sp³-hybridized carbons (Fsp3) is 0.278. The molecule has 1 amide bonds. The van der Waals surface area contributed by atoms with Crippen LogP contribution in [0.4, 0.5) is 4.39 Å². The zero-order valence-electron chi connectivity index (χ0n) is 12.8. The number of carbonyl (C=O) groups excluding carboxylic acids is 1. The van der Waals surface area contributed by atoms with E-state index in [9.17, 15) is 9.18 Å². The first-order valence-corrected chi connectivity index (χ1v) is 7.41. The lowest BCUT2D eigenvalue weighted by molar-refractivity contribution is 0.0761. The molecule has 2 rings (SSSR count). The normalized spacial score (nSPS) is 10.5. The predicted octanol–water partition coefficient (Wildman–Crippen LogP) is 2.78. The molecule has 4 heteroatoms. The first-order chi connectivity index (χ1) is 10.6. The Kier molecular flexibility index (Phi) is 5.67. The number of hydrogen-bond donors (Lipinski definition) is 1. The quantitative estimate of drug-likeness (QED) is 0.891. The molecule has 0 bridgehead atoms. The summed E-state index contributed by atoms with van der Waals surface area (Å²) in [4.78, 5) is 14.2. The van der Waals surface area contributed by atoms with Crippen LogP contribution in [0.25, 0.3) is 0 Å². The number of hydrogen-bond acceptors (Lipinski definition) is 2. The van der Waals surface area contributed by atoms with Crippen LogP contribution in [0.5, 0.6) is 0 Å². The van der Waals surface area contributed by atoms with Crippen molar-refractivity contribution in [3.63, 3.8) is 0 Å². The second kappa shape index (κ2) is 7.71. The van der Waals surface area contributed by atoms with Crippen LogP contribution in [-0.4, -0.2) is 30.4 Å². The van der Waals surface area contributed by atoms with E-state index >= 15 is 0 Å². The van der Waals surface area contributed by atoms with Gasteiger partial charge in [0.25, 0.3) is 5.91 Å². The number of benzene rings is 2. The minimum Gasteiger partial charge on any atom is -0.337 e. The highest BCUT2D eigenvalue weighted by Crippen LogP contribution is 2.12. The van der Waals surface area contributed by atoms with Gasteiger partial charge in [-0.25, -0.2) is 4.39 Å². The van der Waals surface area contributed by atoms with E-state index in [1.807, 2.05) is 30.3 Å². The summed E-state index contributed by atoms with van der Waals surface area (Å²) in [6.45, 7) is 3.09. The van der Waals surface area contributed by atoms with Crippen molar-refractivity contribution < 1.29 is 9.18 Å². The van der Waals surface area contributed by atoms with Gasteiger partial charge in [0.2, 0.25) is 0 Å². The van der Waals surface area contributed by atoms with Gasteiger partial charge in [0, 0.05) is 25.2 Å². The first kappa shape index (κ1) is 16.2. The van der Waals surface area contributed by atoms with Gasteiger partial charge in [0.05, 0.1) is 0 Å². The van der Waals surface area contributed by atoms with Crippen LogP contribution in [0.2, 0.25) is 0 Å².